The van der Waals surface area contributed by atoms with Gasteiger partial charge in [-0.3, -0.25) is 4.99 Å². The molecule has 2 N–H and O–H groups in total. The lowest BCUT2D eigenvalue weighted by molar-refractivity contribution is 0.207. The highest BCUT2D eigenvalue weighted by Crippen LogP contribution is 2.30. The van der Waals surface area contributed by atoms with Crippen LogP contribution in [0.15, 0.2) is 29.5 Å². The second-order valence-corrected chi connectivity index (χ2v) is 7.66. The average molecular weight is 399 g/mol. The molecule has 29 heavy (non-hydrogen) atoms. The molecule has 8 nitrogen and oxygen atoms in total. The van der Waals surface area contributed by atoms with Gasteiger partial charge in [0.1, 0.15) is 23.7 Å². The van der Waals surface area contributed by atoms with Gasteiger partial charge in [0.25, 0.3) is 0 Å². The lowest BCUT2D eigenvalue weighted by Crippen LogP contribution is -2.46. The average Bonchev–Trinajstić information content (AvgIpc) is 3.43. The largest absolute Gasteiger partial charge is 0.497 e. The molecular weight excluding hydrogens is 368 g/mol. The Balaban J connectivity index is 1.38. The van der Waals surface area contributed by atoms with Gasteiger partial charge < -0.3 is 20.1 Å². The third kappa shape index (κ3) is 4.81. The molecule has 1 unspecified atom stereocenters. The summed E-state index contributed by atoms with van der Waals surface area (Å²) in [5.41, 5.74) is 1.10. The van der Waals surface area contributed by atoms with E-state index >= 15 is 0 Å². The monoisotopic (exact) mass is 398 g/mol. The van der Waals surface area contributed by atoms with Crippen LogP contribution in [0, 0.1) is 0 Å². The van der Waals surface area contributed by atoms with Gasteiger partial charge in [0.05, 0.1) is 19.8 Å². The van der Waals surface area contributed by atoms with Gasteiger partial charge in [0, 0.05) is 37.7 Å². The zero-order valence-electron chi connectivity index (χ0n) is 17.2. The van der Waals surface area contributed by atoms with Crippen molar-refractivity contribution in [3.05, 3.63) is 35.9 Å². The predicted molar refractivity (Wildman–Crippen MR) is 111 cm³/mol. The summed E-state index contributed by atoms with van der Waals surface area (Å²) in [6.07, 6.45) is 8.60. The summed E-state index contributed by atoms with van der Waals surface area (Å²) in [6.45, 7) is 1.43. The summed E-state index contributed by atoms with van der Waals surface area (Å²) in [5.74, 6) is 3.54. The third-order valence-corrected chi connectivity index (χ3v) is 5.69. The number of hydrogen-bond acceptors (Lipinski definition) is 5. The molecule has 8 heteroatoms. The van der Waals surface area contributed by atoms with E-state index in [2.05, 4.69) is 31.8 Å². The fourth-order valence-corrected chi connectivity index (χ4v) is 4.03. The molecule has 1 aromatic heterocycles. The molecule has 1 aromatic carbocycles. The van der Waals surface area contributed by atoms with E-state index in [1.165, 1.54) is 12.8 Å². The Morgan fingerprint density at radius 3 is 2.93 bits per heavy atom. The second-order valence-electron chi connectivity index (χ2n) is 7.66. The van der Waals surface area contributed by atoms with Gasteiger partial charge >= 0.3 is 0 Å². The first kappa shape index (κ1) is 19.5. The Morgan fingerprint density at radius 1 is 1.28 bits per heavy atom. The minimum atomic E-state index is 0.278. The topological polar surface area (TPSA) is 85.6 Å². The highest BCUT2D eigenvalue weighted by Gasteiger charge is 2.21. The maximum atomic E-state index is 6.30. The predicted octanol–water partition coefficient (Wildman–Crippen LogP) is 2.29. The summed E-state index contributed by atoms with van der Waals surface area (Å²) >= 11 is 0. The standard InChI is InChI=1S/C21H30N6O2/c1-22-21(26-16-8-10-20-24-14-25-27(20)13-16)23-12-15-7-9-18(28-2)11-19(15)29-17-5-3-4-6-17/h7,9,11,14,16-17H,3-6,8,10,12-13H2,1-2H3,(H2,22,23,26). The number of aromatic nitrogens is 3. The Kier molecular flexibility index (Phi) is 6.17. The van der Waals surface area contributed by atoms with Gasteiger partial charge in [0.2, 0.25) is 0 Å². The van der Waals surface area contributed by atoms with E-state index in [9.17, 15) is 0 Å². The number of ether oxygens (including phenoxy) is 2. The molecule has 0 spiro atoms. The van der Waals surface area contributed by atoms with Gasteiger partial charge in [-0.1, -0.05) is 0 Å². The van der Waals surface area contributed by atoms with Gasteiger partial charge in [-0.15, -0.1) is 0 Å². The van der Waals surface area contributed by atoms with Crippen molar-refractivity contribution < 1.29 is 9.47 Å². The van der Waals surface area contributed by atoms with Gasteiger partial charge in [-0.2, -0.15) is 5.10 Å². The fourth-order valence-electron chi connectivity index (χ4n) is 4.03. The van der Waals surface area contributed by atoms with Crippen molar-refractivity contribution in [3.8, 4) is 11.5 Å². The number of aryl methyl sites for hydroxylation is 1. The summed E-state index contributed by atoms with van der Waals surface area (Å²) in [6, 6.07) is 6.30. The molecule has 4 rings (SSSR count). The molecule has 0 amide bonds. The smallest absolute Gasteiger partial charge is 0.191 e. The van der Waals surface area contributed by atoms with Crippen molar-refractivity contribution in [2.24, 2.45) is 4.99 Å². The van der Waals surface area contributed by atoms with E-state index in [0.29, 0.717) is 12.6 Å². The summed E-state index contributed by atoms with van der Waals surface area (Å²) < 4.78 is 13.7. The maximum absolute atomic E-state index is 6.30. The normalized spacial score (nSPS) is 19.7. The number of guanidine groups is 1. The zero-order valence-corrected chi connectivity index (χ0v) is 17.2. The molecule has 1 fully saturated rings. The SMILES string of the molecule is CN=C(NCc1ccc(OC)cc1OC1CCCC1)NC1CCc2ncnn2C1. The zero-order chi connectivity index (χ0) is 20.1. The number of nitrogens with zero attached hydrogens (tertiary/aromatic N) is 4. The highest BCUT2D eigenvalue weighted by atomic mass is 16.5. The Labute approximate surface area is 171 Å². The molecule has 0 saturated heterocycles. The minimum absolute atomic E-state index is 0.278. The molecule has 2 aromatic rings. The highest BCUT2D eigenvalue weighted by molar-refractivity contribution is 5.80. The number of methoxy groups -OCH3 is 1. The van der Waals surface area contributed by atoms with Crippen LogP contribution in [0.1, 0.15) is 43.5 Å². The van der Waals surface area contributed by atoms with Crippen LogP contribution in [-0.4, -0.2) is 47.0 Å². The number of benzene rings is 1. The fraction of sp³-hybridized carbons (Fsp3) is 0.571. The molecule has 0 bridgehead atoms. The Bertz CT molecular complexity index is 843. The van der Waals surface area contributed by atoms with Crippen molar-refractivity contribution in [2.45, 2.75) is 63.8 Å². The van der Waals surface area contributed by atoms with Gasteiger partial charge in [0.15, 0.2) is 5.96 Å². The maximum Gasteiger partial charge on any atom is 0.191 e. The molecular formula is C21H30N6O2. The van der Waals surface area contributed by atoms with Crippen molar-refractivity contribution in [1.82, 2.24) is 25.4 Å². The van der Waals surface area contributed by atoms with Crippen LogP contribution < -0.4 is 20.1 Å². The van der Waals surface area contributed by atoms with Gasteiger partial charge in [-0.05, 0) is 44.2 Å². The quantitative estimate of drug-likeness (QED) is 0.574. The summed E-state index contributed by atoms with van der Waals surface area (Å²) in [5, 5.41) is 11.2. The molecule has 0 radical (unpaired) electrons. The lowest BCUT2D eigenvalue weighted by atomic mass is 10.1. The minimum Gasteiger partial charge on any atom is -0.497 e. The second kappa shape index (κ2) is 9.15. The van der Waals surface area contributed by atoms with Crippen LogP contribution in [0.3, 0.4) is 0 Å². The van der Waals surface area contributed by atoms with Crippen LogP contribution in [0.25, 0.3) is 0 Å². The van der Waals surface area contributed by atoms with Crippen LogP contribution in [-0.2, 0) is 19.5 Å². The van der Waals surface area contributed by atoms with Crippen LogP contribution in [0.5, 0.6) is 11.5 Å². The Morgan fingerprint density at radius 2 is 2.14 bits per heavy atom. The lowest BCUT2D eigenvalue weighted by Gasteiger charge is -2.25. The van der Waals surface area contributed by atoms with E-state index in [1.54, 1.807) is 20.5 Å². The molecule has 1 aliphatic heterocycles. The molecule has 2 heterocycles. The van der Waals surface area contributed by atoms with E-state index in [0.717, 1.165) is 61.1 Å². The first-order valence-corrected chi connectivity index (χ1v) is 10.4. The third-order valence-electron chi connectivity index (χ3n) is 5.69. The number of nitrogens with one attached hydrogen (secondary N) is 2. The summed E-state index contributed by atoms with van der Waals surface area (Å²) in [7, 11) is 3.48. The van der Waals surface area contributed by atoms with Crippen LogP contribution in [0.4, 0.5) is 0 Å². The molecule has 2 aliphatic rings. The molecule has 1 saturated carbocycles. The van der Waals surface area contributed by atoms with E-state index in [4.69, 9.17) is 9.47 Å². The van der Waals surface area contributed by atoms with E-state index < -0.39 is 0 Å². The van der Waals surface area contributed by atoms with Crippen LogP contribution in [0.2, 0.25) is 0 Å². The van der Waals surface area contributed by atoms with E-state index in [-0.39, 0.29) is 6.04 Å². The number of rotatable bonds is 6. The summed E-state index contributed by atoms with van der Waals surface area (Å²) in [4.78, 5) is 8.68. The van der Waals surface area contributed by atoms with E-state index in [1.807, 2.05) is 16.8 Å². The van der Waals surface area contributed by atoms with Crippen LogP contribution >= 0.6 is 0 Å². The first-order chi connectivity index (χ1) is 14.2. The number of hydrogen-bond donors (Lipinski definition) is 2. The Hall–Kier alpha value is -2.77. The molecule has 1 aliphatic carbocycles. The molecule has 156 valence electrons. The van der Waals surface area contributed by atoms with Crippen molar-refractivity contribution >= 4 is 5.96 Å². The van der Waals surface area contributed by atoms with Crippen molar-refractivity contribution in [3.63, 3.8) is 0 Å². The number of aliphatic imine (C=N–C) groups is 1. The van der Waals surface area contributed by atoms with Crippen molar-refractivity contribution in [2.75, 3.05) is 14.2 Å². The molecule has 1 atom stereocenters. The van der Waals surface area contributed by atoms with Gasteiger partial charge in [-0.25, -0.2) is 9.67 Å². The first-order valence-electron chi connectivity index (χ1n) is 10.4. The van der Waals surface area contributed by atoms with Crippen molar-refractivity contribution in [1.29, 1.82) is 0 Å². The number of fused-ring (bicyclic) bond motifs is 1.